The fourth-order valence-electron chi connectivity index (χ4n) is 1.88. The fraction of sp³-hybridized carbons (Fsp3) is 0.417. The Kier molecular flexibility index (Phi) is 4.42. The standard InChI is InChI=1S/C12H14BrClN2O/c13-9-7-8(4-5-10(9)14)16-12(17)11-3-1-2-6-15-11/h4-5,7,11,15H,1-3,6H2,(H,16,17)/t11-/m1/s1. The Hall–Kier alpha value is -0.580. The lowest BCUT2D eigenvalue weighted by Crippen LogP contribution is -2.43. The minimum absolute atomic E-state index is 0.0268. The lowest BCUT2D eigenvalue weighted by Gasteiger charge is -2.22. The molecule has 1 aromatic carbocycles. The van der Waals surface area contributed by atoms with Gasteiger partial charge in [-0.2, -0.15) is 0 Å². The van der Waals surface area contributed by atoms with Gasteiger partial charge < -0.3 is 10.6 Å². The van der Waals surface area contributed by atoms with Gasteiger partial charge in [-0.3, -0.25) is 4.79 Å². The van der Waals surface area contributed by atoms with Gasteiger partial charge in [0.15, 0.2) is 0 Å². The van der Waals surface area contributed by atoms with Crippen LogP contribution in [0.1, 0.15) is 19.3 Å². The number of nitrogens with one attached hydrogen (secondary N) is 2. The molecule has 0 unspecified atom stereocenters. The van der Waals surface area contributed by atoms with E-state index in [1.165, 1.54) is 0 Å². The normalized spacial score (nSPS) is 20.0. The van der Waals surface area contributed by atoms with Crippen molar-refractivity contribution in [1.82, 2.24) is 5.32 Å². The minimum atomic E-state index is -0.0711. The van der Waals surface area contributed by atoms with E-state index in [0.717, 1.165) is 36.0 Å². The van der Waals surface area contributed by atoms with Crippen LogP contribution in [0.2, 0.25) is 5.02 Å². The molecule has 3 nitrogen and oxygen atoms in total. The number of benzene rings is 1. The van der Waals surface area contributed by atoms with Crippen molar-refractivity contribution in [1.29, 1.82) is 0 Å². The van der Waals surface area contributed by atoms with Gasteiger partial charge in [0.25, 0.3) is 0 Å². The molecule has 2 rings (SSSR count). The van der Waals surface area contributed by atoms with Crippen molar-refractivity contribution in [3.05, 3.63) is 27.7 Å². The molecule has 1 heterocycles. The van der Waals surface area contributed by atoms with Crippen molar-refractivity contribution in [3.8, 4) is 0 Å². The molecule has 5 heteroatoms. The summed E-state index contributed by atoms with van der Waals surface area (Å²) in [6, 6.07) is 5.30. The summed E-state index contributed by atoms with van der Waals surface area (Å²) in [4.78, 5) is 11.9. The van der Waals surface area contributed by atoms with Crippen LogP contribution in [-0.4, -0.2) is 18.5 Å². The first-order valence-corrected chi connectivity index (χ1v) is 6.83. The molecule has 0 aliphatic carbocycles. The zero-order chi connectivity index (χ0) is 12.3. The van der Waals surface area contributed by atoms with Gasteiger partial charge in [0.05, 0.1) is 11.1 Å². The minimum Gasteiger partial charge on any atom is -0.325 e. The van der Waals surface area contributed by atoms with Gasteiger partial charge in [0, 0.05) is 10.2 Å². The smallest absolute Gasteiger partial charge is 0.241 e. The molecule has 1 aliphatic heterocycles. The van der Waals surface area contributed by atoms with Crippen LogP contribution >= 0.6 is 27.5 Å². The summed E-state index contributed by atoms with van der Waals surface area (Å²) in [5.41, 5.74) is 0.763. The van der Waals surface area contributed by atoms with Crippen LogP contribution in [0.3, 0.4) is 0 Å². The summed E-state index contributed by atoms with van der Waals surface area (Å²) in [6.45, 7) is 0.919. The highest BCUT2D eigenvalue weighted by molar-refractivity contribution is 9.10. The Labute approximate surface area is 114 Å². The number of carbonyl (C=O) groups is 1. The Morgan fingerprint density at radius 1 is 1.47 bits per heavy atom. The lowest BCUT2D eigenvalue weighted by atomic mass is 10.0. The summed E-state index contributed by atoms with van der Waals surface area (Å²) >= 11 is 9.23. The Bertz CT molecular complexity index is 419. The molecule has 17 heavy (non-hydrogen) atoms. The number of carbonyl (C=O) groups excluding carboxylic acids is 1. The largest absolute Gasteiger partial charge is 0.325 e. The average Bonchev–Trinajstić information content (AvgIpc) is 2.35. The fourth-order valence-corrected chi connectivity index (χ4v) is 2.38. The predicted octanol–water partition coefficient (Wildman–Crippen LogP) is 3.18. The molecule has 0 bridgehead atoms. The lowest BCUT2D eigenvalue weighted by molar-refractivity contribution is -0.118. The van der Waals surface area contributed by atoms with Crippen LogP contribution in [0.25, 0.3) is 0 Å². The number of anilines is 1. The second kappa shape index (κ2) is 5.85. The van der Waals surface area contributed by atoms with E-state index in [2.05, 4.69) is 26.6 Å². The molecule has 92 valence electrons. The zero-order valence-electron chi connectivity index (χ0n) is 9.30. The molecule has 1 aliphatic rings. The van der Waals surface area contributed by atoms with E-state index in [1.807, 2.05) is 6.07 Å². The van der Waals surface area contributed by atoms with E-state index in [4.69, 9.17) is 11.6 Å². The SMILES string of the molecule is O=C(Nc1ccc(Cl)c(Br)c1)[C@H]1CCCCN1. The van der Waals surface area contributed by atoms with Crippen molar-refractivity contribution in [2.45, 2.75) is 25.3 Å². The molecule has 0 saturated carbocycles. The van der Waals surface area contributed by atoms with Gasteiger partial charge in [0.2, 0.25) is 5.91 Å². The van der Waals surface area contributed by atoms with Crippen LogP contribution in [0.4, 0.5) is 5.69 Å². The van der Waals surface area contributed by atoms with E-state index in [9.17, 15) is 4.79 Å². The van der Waals surface area contributed by atoms with Crippen molar-refractivity contribution in [3.63, 3.8) is 0 Å². The predicted molar refractivity (Wildman–Crippen MR) is 73.4 cm³/mol. The molecule has 1 fully saturated rings. The molecule has 0 aromatic heterocycles. The Morgan fingerprint density at radius 2 is 2.29 bits per heavy atom. The summed E-state index contributed by atoms with van der Waals surface area (Å²) in [5.74, 6) is 0.0268. The van der Waals surface area contributed by atoms with Crippen LogP contribution in [0, 0.1) is 0 Å². The first-order chi connectivity index (χ1) is 8.16. The van der Waals surface area contributed by atoms with E-state index in [-0.39, 0.29) is 11.9 Å². The van der Waals surface area contributed by atoms with E-state index in [1.54, 1.807) is 12.1 Å². The highest BCUT2D eigenvalue weighted by Crippen LogP contribution is 2.25. The molecule has 0 radical (unpaired) electrons. The van der Waals surface area contributed by atoms with Gasteiger partial charge >= 0.3 is 0 Å². The van der Waals surface area contributed by atoms with Crippen molar-refractivity contribution >= 4 is 39.1 Å². The monoisotopic (exact) mass is 316 g/mol. The van der Waals surface area contributed by atoms with Gasteiger partial charge in [-0.05, 0) is 53.5 Å². The van der Waals surface area contributed by atoms with E-state index in [0.29, 0.717) is 5.02 Å². The molecule has 1 amide bonds. The van der Waals surface area contributed by atoms with Crippen LogP contribution in [0.15, 0.2) is 22.7 Å². The van der Waals surface area contributed by atoms with Crippen molar-refractivity contribution in [2.75, 3.05) is 11.9 Å². The molecule has 1 atom stereocenters. The topological polar surface area (TPSA) is 41.1 Å². The summed E-state index contributed by atoms with van der Waals surface area (Å²) < 4.78 is 0.786. The van der Waals surface area contributed by atoms with Crippen LogP contribution in [0.5, 0.6) is 0 Å². The van der Waals surface area contributed by atoms with Crippen LogP contribution in [-0.2, 0) is 4.79 Å². The van der Waals surface area contributed by atoms with Gasteiger partial charge in [-0.15, -0.1) is 0 Å². The molecule has 0 spiro atoms. The number of piperidine rings is 1. The summed E-state index contributed by atoms with van der Waals surface area (Å²) in [7, 11) is 0. The highest BCUT2D eigenvalue weighted by atomic mass is 79.9. The highest BCUT2D eigenvalue weighted by Gasteiger charge is 2.20. The molecule has 2 N–H and O–H groups in total. The summed E-state index contributed by atoms with van der Waals surface area (Å²) in [6.07, 6.45) is 3.16. The molecular weight excluding hydrogens is 304 g/mol. The second-order valence-corrected chi connectivity index (χ2v) is 5.38. The van der Waals surface area contributed by atoms with E-state index < -0.39 is 0 Å². The Morgan fingerprint density at radius 3 is 2.94 bits per heavy atom. The average molecular weight is 318 g/mol. The maximum Gasteiger partial charge on any atom is 0.241 e. The Balaban J connectivity index is 1.99. The number of hydrogen-bond donors (Lipinski definition) is 2. The number of rotatable bonds is 2. The molecular formula is C12H14BrClN2O. The zero-order valence-corrected chi connectivity index (χ0v) is 11.6. The van der Waals surface area contributed by atoms with Crippen LogP contribution < -0.4 is 10.6 Å². The maximum absolute atomic E-state index is 11.9. The van der Waals surface area contributed by atoms with Crippen molar-refractivity contribution < 1.29 is 4.79 Å². The van der Waals surface area contributed by atoms with Gasteiger partial charge in [-0.25, -0.2) is 0 Å². The second-order valence-electron chi connectivity index (χ2n) is 4.12. The van der Waals surface area contributed by atoms with Gasteiger partial charge in [-0.1, -0.05) is 18.0 Å². The first-order valence-electron chi connectivity index (χ1n) is 5.66. The number of halogens is 2. The third kappa shape index (κ3) is 3.44. The van der Waals surface area contributed by atoms with Crippen molar-refractivity contribution in [2.24, 2.45) is 0 Å². The first kappa shape index (κ1) is 12.9. The quantitative estimate of drug-likeness (QED) is 0.879. The van der Waals surface area contributed by atoms with Gasteiger partial charge in [0.1, 0.15) is 0 Å². The third-order valence-corrected chi connectivity index (χ3v) is 4.03. The number of hydrogen-bond acceptors (Lipinski definition) is 2. The maximum atomic E-state index is 11.9. The number of amides is 1. The molecule has 1 aromatic rings. The molecule has 1 saturated heterocycles. The van der Waals surface area contributed by atoms with E-state index >= 15 is 0 Å². The third-order valence-electron chi connectivity index (χ3n) is 2.81. The summed E-state index contributed by atoms with van der Waals surface area (Å²) in [5, 5.41) is 6.74.